The molecule has 0 fully saturated rings. The molecule has 0 saturated heterocycles. The van der Waals surface area contributed by atoms with Crippen LogP contribution in [0.25, 0.3) is 0 Å². The first-order valence-electron chi connectivity index (χ1n) is 7.49. The predicted octanol–water partition coefficient (Wildman–Crippen LogP) is 2.81. The second-order valence-corrected chi connectivity index (χ2v) is 4.46. The highest BCUT2D eigenvalue weighted by molar-refractivity contribution is 14.0. The zero-order chi connectivity index (χ0) is 14.5. The lowest BCUT2D eigenvalue weighted by atomic mass is 10.3. The van der Waals surface area contributed by atoms with Crippen molar-refractivity contribution in [3.8, 4) is 0 Å². The van der Waals surface area contributed by atoms with Gasteiger partial charge in [-0.15, -0.1) is 24.0 Å². The van der Waals surface area contributed by atoms with E-state index in [2.05, 4.69) is 22.5 Å². The lowest BCUT2D eigenvalue weighted by molar-refractivity contribution is 0.145. The van der Waals surface area contributed by atoms with Crippen LogP contribution in [-0.2, 0) is 11.2 Å². The van der Waals surface area contributed by atoms with Gasteiger partial charge in [0.1, 0.15) is 5.76 Å². The third-order valence-electron chi connectivity index (χ3n) is 2.70. The van der Waals surface area contributed by atoms with Gasteiger partial charge in [0.2, 0.25) is 0 Å². The Bertz CT molecular complexity index is 356. The fourth-order valence-corrected chi connectivity index (χ4v) is 1.68. The molecule has 1 aromatic rings. The SMILES string of the molecule is CCCN=C(NCCCOCC)NCCc1ccco1.I. The largest absolute Gasteiger partial charge is 0.469 e. The van der Waals surface area contributed by atoms with Gasteiger partial charge in [0.05, 0.1) is 6.26 Å². The van der Waals surface area contributed by atoms with Crippen molar-refractivity contribution in [3.63, 3.8) is 0 Å². The molecule has 0 bridgehead atoms. The lowest BCUT2D eigenvalue weighted by Crippen LogP contribution is -2.39. The minimum absolute atomic E-state index is 0. The first-order valence-corrected chi connectivity index (χ1v) is 7.49. The molecule has 0 radical (unpaired) electrons. The zero-order valence-corrected chi connectivity index (χ0v) is 15.4. The average Bonchev–Trinajstić information content (AvgIpc) is 2.97. The standard InChI is InChI=1S/C15H27N3O2.HI/c1-3-9-16-15(17-10-6-12-19-4-2)18-11-8-14-7-5-13-20-14;/h5,7,13H,3-4,6,8-12H2,1-2H3,(H2,16,17,18);1H. The summed E-state index contributed by atoms with van der Waals surface area (Å²) in [5, 5.41) is 6.64. The van der Waals surface area contributed by atoms with Crippen molar-refractivity contribution in [1.29, 1.82) is 0 Å². The van der Waals surface area contributed by atoms with Crippen molar-refractivity contribution in [1.82, 2.24) is 10.6 Å². The molecule has 1 rings (SSSR count). The highest BCUT2D eigenvalue weighted by Gasteiger charge is 1.99. The van der Waals surface area contributed by atoms with Crippen LogP contribution >= 0.6 is 24.0 Å². The lowest BCUT2D eigenvalue weighted by Gasteiger charge is -2.12. The summed E-state index contributed by atoms with van der Waals surface area (Å²) in [6.07, 6.45) is 4.59. The number of furan rings is 1. The summed E-state index contributed by atoms with van der Waals surface area (Å²) in [6.45, 7) is 8.22. The summed E-state index contributed by atoms with van der Waals surface area (Å²) in [7, 11) is 0. The number of ether oxygens (including phenoxy) is 1. The first-order chi connectivity index (χ1) is 9.86. The van der Waals surface area contributed by atoms with Gasteiger partial charge in [-0.3, -0.25) is 4.99 Å². The van der Waals surface area contributed by atoms with E-state index in [-0.39, 0.29) is 24.0 Å². The van der Waals surface area contributed by atoms with E-state index in [1.165, 1.54) is 0 Å². The number of nitrogens with one attached hydrogen (secondary N) is 2. The van der Waals surface area contributed by atoms with Crippen molar-refractivity contribution in [2.45, 2.75) is 33.1 Å². The molecule has 0 aliphatic heterocycles. The minimum atomic E-state index is 0. The Morgan fingerprint density at radius 3 is 2.76 bits per heavy atom. The van der Waals surface area contributed by atoms with Crippen LogP contribution in [0.1, 0.15) is 32.4 Å². The molecule has 1 aromatic heterocycles. The Morgan fingerprint density at radius 1 is 1.29 bits per heavy atom. The molecule has 122 valence electrons. The van der Waals surface area contributed by atoms with Gasteiger partial charge in [-0.05, 0) is 31.9 Å². The minimum Gasteiger partial charge on any atom is -0.469 e. The highest BCUT2D eigenvalue weighted by atomic mass is 127. The number of hydrogen-bond acceptors (Lipinski definition) is 3. The number of halogens is 1. The third-order valence-corrected chi connectivity index (χ3v) is 2.70. The van der Waals surface area contributed by atoms with E-state index >= 15 is 0 Å². The Kier molecular flexibility index (Phi) is 13.7. The molecular formula is C15H28IN3O2. The molecule has 0 aromatic carbocycles. The molecule has 0 atom stereocenters. The van der Waals surface area contributed by atoms with Gasteiger partial charge in [0.25, 0.3) is 0 Å². The molecular weight excluding hydrogens is 381 g/mol. The molecule has 2 N–H and O–H groups in total. The van der Waals surface area contributed by atoms with E-state index < -0.39 is 0 Å². The van der Waals surface area contributed by atoms with E-state index in [0.29, 0.717) is 0 Å². The number of guanidine groups is 1. The summed E-state index contributed by atoms with van der Waals surface area (Å²) in [5.74, 6) is 1.86. The summed E-state index contributed by atoms with van der Waals surface area (Å²) >= 11 is 0. The third kappa shape index (κ3) is 10.6. The van der Waals surface area contributed by atoms with E-state index in [9.17, 15) is 0 Å². The summed E-state index contributed by atoms with van der Waals surface area (Å²) < 4.78 is 10.6. The van der Waals surface area contributed by atoms with Crippen molar-refractivity contribution in [3.05, 3.63) is 24.2 Å². The number of rotatable bonds is 10. The van der Waals surface area contributed by atoms with Crippen molar-refractivity contribution in [2.75, 3.05) is 32.8 Å². The van der Waals surface area contributed by atoms with Crippen molar-refractivity contribution < 1.29 is 9.15 Å². The van der Waals surface area contributed by atoms with Crippen molar-refractivity contribution >= 4 is 29.9 Å². The van der Waals surface area contributed by atoms with Crippen molar-refractivity contribution in [2.24, 2.45) is 4.99 Å². The van der Waals surface area contributed by atoms with Gasteiger partial charge < -0.3 is 19.8 Å². The van der Waals surface area contributed by atoms with Gasteiger partial charge in [-0.25, -0.2) is 0 Å². The predicted molar refractivity (Wildman–Crippen MR) is 97.5 cm³/mol. The summed E-state index contributed by atoms with van der Waals surface area (Å²) in [6, 6.07) is 3.90. The molecule has 0 aliphatic rings. The van der Waals surface area contributed by atoms with Crippen LogP contribution in [0.5, 0.6) is 0 Å². The topological polar surface area (TPSA) is 58.8 Å². The van der Waals surface area contributed by atoms with Gasteiger partial charge in [0.15, 0.2) is 5.96 Å². The fourth-order valence-electron chi connectivity index (χ4n) is 1.68. The van der Waals surface area contributed by atoms with E-state index in [1.54, 1.807) is 6.26 Å². The highest BCUT2D eigenvalue weighted by Crippen LogP contribution is 1.99. The number of hydrogen-bond donors (Lipinski definition) is 2. The molecule has 21 heavy (non-hydrogen) atoms. The van der Waals surface area contributed by atoms with Gasteiger partial charge in [-0.2, -0.15) is 0 Å². The van der Waals surface area contributed by atoms with E-state index in [1.807, 2.05) is 19.1 Å². The first kappa shape index (κ1) is 20.2. The maximum absolute atomic E-state index is 5.31. The van der Waals surface area contributed by atoms with Crippen LogP contribution in [-0.4, -0.2) is 38.8 Å². The number of nitrogens with zero attached hydrogens (tertiary/aromatic N) is 1. The van der Waals surface area contributed by atoms with Crippen LogP contribution in [0.4, 0.5) is 0 Å². The van der Waals surface area contributed by atoms with E-state index in [4.69, 9.17) is 9.15 Å². The Labute approximate surface area is 144 Å². The average molecular weight is 409 g/mol. The Balaban J connectivity index is 0.00000400. The van der Waals surface area contributed by atoms with Gasteiger partial charge in [0, 0.05) is 39.3 Å². The Morgan fingerprint density at radius 2 is 2.10 bits per heavy atom. The second kappa shape index (κ2) is 14.2. The van der Waals surface area contributed by atoms with Crippen LogP contribution in [0.3, 0.4) is 0 Å². The molecule has 1 heterocycles. The van der Waals surface area contributed by atoms with Crippen LogP contribution in [0.2, 0.25) is 0 Å². The molecule has 0 aliphatic carbocycles. The second-order valence-electron chi connectivity index (χ2n) is 4.46. The van der Waals surface area contributed by atoms with E-state index in [0.717, 1.165) is 63.8 Å². The maximum atomic E-state index is 5.31. The maximum Gasteiger partial charge on any atom is 0.191 e. The quantitative estimate of drug-likeness (QED) is 0.270. The summed E-state index contributed by atoms with van der Waals surface area (Å²) in [5.41, 5.74) is 0. The van der Waals surface area contributed by atoms with Gasteiger partial charge >= 0.3 is 0 Å². The fraction of sp³-hybridized carbons (Fsp3) is 0.667. The molecule has 5 nitrogen and oxygen atoms in total. The molecule has 6 heteroatoms. The summed E-state index contributed by atoms with van der Waals surface area (Å²) in [4.78, 5) is 4.50. The molecule has 0 amide bonds. The normalized spacial score (nSPS) is 11.0. The van der Waals surface area contributed by atoms with Crippen LogP contribution in [0, 0.1) is 0 Å². The van der Waals surface area contributed by atoms with Gasteiger partial charge in [-0.1, -0.05) is 6.92 Å². The molecule has 0 spiro atoms. The van der Waals surface area contributed by atoms with Crippen LogP contribution < -0.4 is 10.6 Å². The smallest absolute Gasteiger partial charge is 0.191 e. The zero-order valence-electron chi connectivity index (χ0n) is 13.1. The molecule has 0 saturated carbocycles. The number of aliphatic imine (C=N–C) groups is 1. The van der Waals surface area contributed by atoms with Crippen LogP contribution in [0.15, 0.2) is 27.8 Å². The Hall–Kier alpha value is -0.760. The molecule has 0 unspecified atom stereocenters. The monoisotopic (exact) mass is 409 g/mol.